The Hall–Kier alpha value is -2.28. The molecule has 2 aliphatic heterocycles. The molecule has 7 nitrogen and oxygen atoms in total. The molecule has 1 fully saturated rings. The number of carbonyl (C=O) groups excluding carboxylic acids is 1. The van der Waals surface area contributed by atoms with Gasteiger partial charge in [-0.05, 0) is 18.2 Å². The Balaban J connectivity index is 1.77. The molecule has 21 heavy (non-hydrogen) atoms. The van der Waals surface area contributed by atoms with Gasteiger partial charge in [-0.15, -0.1) is 0 Å². The van der Waals surface area contributed by atoms with Crippen molar-refractivity contribution >= 4 is 11.9 Å². The van der Waals surface area contributed by atoms with Crippen molar-refractivity contribution in [2.45, 2.75) is 6.04 Å². The maximum absolute atomic E-state index is 12.5. The zero-order valence-corrected chi connectivity index (χ0v) is 11.4. The fraction of sp³-hybridized carbons (Fsp3) is 0.429. The fourth-order valence-electron chi connectivity index (χ4n) is 2.46. The average molecular weight is 292 g/mol. The maximum atomic E-state index is 12.5. The molecule has 2 N–H and O–H groups in total. The Kier molecular flexibility index (Phi) is 3.66. The Labute approximate surface area is 121 Å². The highest BCUT2D eigenvalue weighted by molar-refractivity contribution is 5.95. The van der Waals surface area contributed by atoms with E-state index in [0.29, 0.717) is 43.4 Å². The zero-order chi connectivity index (χ0) is 14.8. The molecule has 7 heteroatoms. The number of piperazine rings is 1. The van der Waals surface area contributed by atoms with Crippen LogP contribution in [0.25, 0.3) is 0 Å². The van der Waals surface area contributed by atoms with Crippen molar-refractivity contribution in [2.24, 2.45) is 0 Å². The van der Waals surface area contributed by atoms with Crippen LogP contribution in [-0.4, -0.2) is 60.8 Å². The summed E-state index contributed by atoms with van der Waals surface area (Å²) in [5.74, 6) is 0.0351. The SMILES string of the molecule is O=C(O)[C@H]1CN(C(=O)c2ccc3c(c2)OCCO3)CCN1. The predicted octanol–water partition coefficient (Wildman–Crippen LogP) is -0.0436. The molecule has 1 atom stereocenters. The normalized spacial score (nSPS) is 21.0. The van der Waals surface area contributed by atoms with Crippen LogP contribution in [0.3, 0.4) is 0 Å². The predicted molar refractivity (Wildman–Crippen MR) is 72.8 cm³/mol. The number of hydrogen-bond acceptors (Lipinski definition) is 5. The minimum Gasteiger partial charge on any atom is -0.486 e. The lowest BCUT2D eigenvalue weighted by Gasteiger charge is -2.31. The molecule has 112 valence electrons. The Bertz CT molecular complexity index is 574. The molecule has 0 unspecified atom stereocenters. The van der Waals surface area contributed by atoms with E-state index < -0.39 is 12.0 Å². The van der Waals surface area contributed by atoms with E-state index in [0.717, 1.165) is 0 Å². The Morgan fingerprint density at radius 1 is 1.24 bits per heavy atom. The van der Waals surface area contributed by atoms with Crippen LogP contribution in [0.15, 0.2) is 18.2 Å². The van der Waals surface area contributed by atoms with Crippen LogP contribution in [0.1, 0.15) is 10.4 Å². The van der Waals surface area contributed by atoms with Gasteiger partial charge in [0.25, 0.3) is 5.91 Å². The first-order valence-electron chi connectivity index (χ1n) is 6.80. The van der Waals surface area contributed by atoms with Gasteiger partial charge in [-0.25, -0.2) is 0 Å². The van der Waals surface area contributed by atoms with E-state index in [4.69, 9.17) is 14.6 Å². The van der Waals surface area contributed by atoms with E-state index >= 15 is 0 Å². The highest BCUT2D eigenvalue weighted by Gasteiger charge is 2.28. The average Bonchev–Trinajstić information content (AvgIpc) is 2.53. The number of carbonyl (C=O) groups is 2. The van der Waals surface area contributed by atoms with Crippen molar-refractivity contribution in [3.8, 4) is 11.5 Å². The molecular weight excluding hydrogens is 276 g/mol. The van der Waals surface area contributed by atoms with Crippen LogP contribution in [0.5, 0.6) is 11.5 Å². The summed E-state index contributed by atoms with van der Waals surface area (Å²) in [5.41, 5.74) is 0.477. The summed E-state index contributed by atoms with van der Waals surface area (Å²) in [5, 5.41) is 11.9. The van der Waals surface area contributed by atoms with Gasteiger partial charge in [-0.1, -0.05) is 0 Å². The monoisotopic (exact) mass is 292 g/mol. The van der Waals surface area contributed by atoms with Gasteiger partial charge in [-0.3, -0.25) is 9.59 Å². The quantitative estimate of drug-likeness (QED) is 0.795. The molecule has 1 amide bonds. The fourth-order valence-corrected chi connectivity index (χ4v) is 2.46. The summed E-state index contributed by atoms with van der Waals surface area (Å²) in [7, 11) is 0. The summed E-state index contributed by atoms with van der Waals surface area (Å²) in [6.07, 6.45) is 0. The third-order valence-electron chi connectivity index (χ3n) is 3.55. The number of benzene rings is 1. The smallest absolute Gasteiger partial charge is 0.322 e. The number of amides is 1. The molecule has 2 heterocycles. The number of nitrogens with zero attached hydrogens (tertiary/aromatic N) is 1. The van der Waals surface area contributed by atoms with E-state index in [-0.39, 0.29) is 12.5 Å². The van der Waals surface area contributed by atoms with Crippen LogP contribution in [-0.2, 0) is 4.79 Å². The second kappa shape index (κ2) is 5.61. The molecule has 0 bridgehead atoms. The number of ether oxygens (including phenoxy) is 2. The lowest BCUT2D eigenvalue weighted by atomic mass is 10.1. The Morgan fingerprint density at radius 2 is 2.00 bits per heavy atom. The van der Waals surface area contributed by atoms with E-state index in [1.807, 2.05) is 0 Å². The number of fused-ring (bicyclic) bond motifs is 1. The van der Waals surface area contributed by atoms with Crippen LogP contribution in [0.2, 0.25) is 0 Å². The van der Waals surface area contributed by atoms with Crippen LogP contribution < -0.4 is 14.8 Å². The molecule has 0 aromatic heterocycles. The molecule has 0 aliphatic carbocycles. The molecule has 3 rings (SSSR count). The van der Waals surface area contributed by atoms with Gasteiger partial charge in [0.05, 0.1) is 0 Å². The van der Waals surface area contributed by atoms with E-state index in [9.17, 15) is 9.59 Å². The van der Waals surface area contributed by atoms with Gasteiger partial charge >= 0.3 is 5.97 Å². The molecular formula is C14H16N2O5. The van der Waals surface area contributed by atoms with Crippen molar-refractivity contribution in [1.29, 1.82) is 0 Å². The number of carboxylic acids is 1. The molecule has 1 aromatic rings. The highest BCUT2D eigenvalue weighted by Crippen LogP contribution is 2.31. The van der Waals surface area contributed by atoms with Gasteiger partial charge in [-0.2, -0.15) is 0 Å². The number of aliphatic carboxylic acids is 1. The summed E-state index contributed by atoms with van der Waals surface area (Å²) < 4.78 is 10.9. The van der Waals surface area contributed by atoms with Crippen LogP contribution in [0.4, 0.5) is 0 Å². The highest BCUT2D eigenvalue weighted by atomic mass is 16.6. The minimum absolute atomic E-state index is 0.155. The van der Waals surface area contributed by atoms with Crippen molar-refractivity contribution in [3.63, 3.8) is 0 Å². The summed E-state index contributed by atoms with van der Waals surface area (Å²) in [4.78, 5) is 25.0. The van der Waals surface area contributed by atoms with Gasteiger partial charge in [0.2, 0.25) is 0 Å². The Morgan fingerprint density at radius 3 is 2.76 bits per heavy atom. The van der Waals surface area contributed by atoms with E-state index in [1.54, 1.807) is 23.1 Å². The zero-order valence-electron chi connectivity index (χ0n) is 11.4. The van der Waals surface area contributed by atoms with E-state index in [2.05, 4.69) is 5.32 Å². The number of nitrogens with one attached hydrogen (secondary N) is 1. The number of carboxylic acid groups (broad SMARTS) is 1. The lowest BCUT2D eigenvalue weighted by Crippen LogP contribution is -2.55. The third-order valence-corrected chi connectivity index (χ3v) is 3.55. The molecule has 0 spiro atoms. The van der Waals surface area contributed by atoms with Gasteiger partial charge in [0.1, 0.15) is 19.3 Å². The largest absolute Gasteiger partial charge is 0.486 e. The van der Waals surface area contributed by atoms with Crippen LogP contribution >= 0.6 is 0 Å². The number of rotatable bonds is 2. The topological polar surface area (TPSA) is 88.1 Å². The molecule has 0 radical (unpaired) electrons. The summed E-state index contributed by atoms with van der Waals surface area (Å²) >= 11 is 0. The minimum atomic E-state index is -0.949. The van der Waals surface area contributed by atoms with Crippen molar-refractivity contribution in [3.05, 3.63) is 23.8 Å². The van der Waals surface area contributed by atoms with E-state index in [1.165, 1.54) is 0 Å². The first-order valence-corrected chi connectivity index (χ1v) is 6.80. The first kappa shape index (κ1) is 13.7. The van der Waals surface area contributed by atoms with Gasteiger partial charge in [0, 0.05) is 25.2 Å². The summed E-state index contributed by atoms with van der Waals surface area (Å²) in [6.45, 7) is 2.06. The van der Waals surface area contributed by atoms with Crippen molar-refractivity contribution in [1.82, 2.24) is 10.2 Å². The van der Waals surface area contributed by atoms with Gasteiger partial charge < -0.3 is 24.8 Å². The second-order valence-corrected chi connectivity index (χ2v) is 4.95. The standard InChI is InChI=1S/C14H16N2O5/c17-13(16-4-3-15-10(8-16)14(18)19)9-1-2-11-12(7-9)21-6-5-20-11/h1-2,7,10,15H,3-6,8H2,(H,18,19)/t10-/m1/s1. The van der Waals surface area contributed by atoms with Crippen molar-refractivity contribution < 1.29 is 24.2 Å². The maximum Gasteiger partial charge on any atom is 0.322 e. The van der Waals surface area contributed by atoms with Crippen molar-refractivity contribution in [2.75, 3.05) is 32.8 Å². The molecule has 0 saturated carbocycles. The van der Waals surface area contributed by atoms with Gasteiger partial charge in [0.15, 0.2) is 11.5 Å². The lowest BCUT2D eigenvalue weighted by molar-refractivity contribution is -0.140. The molecule has 2 aliphatic rings. The first-order chi connectivity index (χ1) is 10.1. The third kappa shape index (κ3) is 2.78. The molecule has 1 saturated heterocycles. The molecule has 1 aromatic carbocycles. The summed E-state index contributed by atoms with van der Waals surface area (Å²) in [6, 6.07) is 4.31. The van der Waals surface area contributed by atoms with Crippen LogP contribution in [0, 0.1) is 0 Å². The second-order valence-electron chi connectivity index (χ2n) is 4.95. The number of hydrogen-bond donors (Lipinski definition) is 2.